The number of aryl methyl sites for hydroxylation is 1. The summed E-state index contributed by atoms with van der Waals surface area (Å²) in [6, 6.07) is 14.4. The predicted molar refractivity (Wildman–Crippen MR) is 115 cm³/mol. The van der Waals surface area contributed by atoms with Crippen molar-refractivity contribution in [1.29, 1.82) is 0 Å². The van der Waals surface area contributed by atoms with E-state index in [1.807, 2.05) is 43.3 Å². The third kappa shape index (κ3) is 4.66. The number of nitrogens with two attached hydrogens (primary N) is 1. The summed E-state index contributed by atoms with van der Waals surface area (Å²) >= 11 is 0. The number of nitrogens with one attached hydrogen (secondary N) is 1. The standard InChI is InChI=1S/C20H25N3O3S.ClH/c1-14-9-10-17(13-18(14)23-11-6-12-27(23,25)26)22-20(24)15(2)19(21)16-7-4-3-5-8-16;/h3-5,7-10,13,15,19H,6,11-12,21H2,1-2H3,(H,22,24);1H. The largest absolute Gasteiger partial charge is 0.326 e. The molecule has 2 atom stereocenters. The Bertz CT molecular complexity index is 935. The summed E-state index contributed by atoms with van der Waals surface area (Å²) in [7, 11) is -3.27. The van der Waals surface area contributed by atoms with Crippen molar-refractivity contribution < 1.29 is 13.2 Å². The number of nitrogens with zero attached hydrogens (tertiary/aromatic N) is 1. The van der Waals surface area contributed by atoms with Gasteiger partial charge < -0.3 is 11.1 Å². The Labute approximate surface area is 172 Å². The first-order chi connectivity index (χ1) is 12.8. The average molecular weight is 424 g/mol. The topological polar surface area (TPSA) is 92.5 Å². The molecule has 1 aliphatic rings. The van der Waals surface area contributed by atoms with Crippen molar-refractivity contribution in [3.8, 4) is 0 Å². The van der Waals surface area contributed by atoms with Crippen LogP contribution in [0.2, 0.25) is 0 Å². The van der Waals surface area contributed by atoms with E-state index in [0.29, 0.717) is 24.3 Å². The van der Waals surface area contributed by atoms with E-state index < -0.39 is 22.0 Å². The number of sulfonamides is 1. The summed E-state index contributed by atoms with van der Waals surface area (Å²) in [4.78, 5) is 12.6. The minimum absolute atomic E-state index is 0. The van der Waals surface area contributed by atoms with Crippen LogP contribution in [0.15, 0.2) is 48.5 Å². The minimum Gasteiger partial charge on any atom is -0.326 e. The number of benzene rings is 2. The van der Waals surface area contributed by atoms with Crippen LogP contribution in [0.4, 0.5) is 11.4 Å². The average Bonchev–Trinajstić information content (AvgIpc) is 3.01. The number of carbonyl (C=O) groups is 1. The molecule has 2 aromatic rings. The van der Waals surface area contributed by atoms with Crippen LogP contribution in [0, 0.1) is 12.8 Å². The first kappa shape index (κ1) is 22.2. The highest BCUT2D eigenvalue weighted by atomic mass is 35.5. The Hall–Kier alpha value is -2.09. The van der Waals surface area contributed by atoms with E-state index in [2.05, 4.69) is 5.32 Å². The second kappa shape index (κ2) is 8.94. The molecule has 2 aromatic carbocycles. The maximum absolute atomic E-state index is 12.6. The Morgan fingerprint density at radius 3 is 2.46 bits per heavy atom. The number of carbonyl (C=O) groups excluding carboxylic acids is 1. The summed E-state index contributed by atoms with van der Waals surface area (Å²) in [5, 5.41) is 2.87. The smallest absolute Gasteiger partial charge is 0.235 e. The van der Waals surface area contributed by atoms with Gasteiger partial charge in [-0.3, -0.25) is 9.10 Å². The monoisotopic (exact) mass is 423 g/mol. The molecule has 1 saturated heterocycles. The first-order valence-corrected chi connectivity index (χ1v) is 10.6. The molecule has 3 rings (SSSR count). The van der Waals surface area contributed by atoms with E-state index in [0.717, 1.165) is 11.1 Å². The Morgan fingerprint density at radius 2 is 1.86 bits per heavy atom. The molecule has 1 aliphatic heterocycles. The van der Waals surface area contributed by atoms with Crippen molar-refractivity contribution in [2.75, 3.05) is 21.9 Å². The number of amides is 1. The maximum atomic E-state index is 12.6. The summed E-state index contributed by atoms with van der Waals surface area (Å²) in [5.74, 6) is -0.482. The van der Waals surface area contributed by atoms with E-state index in [9.17, 15) is 13.2 Å². The fourth-order valence-electron chi connectivity index (χ4n) is 3.25. The van der Waals surface area contributed by atoms with Gasteiger partial charge in [-0.2, -0.15) is 0 Å². The fraction of sp³-hybridized carbons (Fsp3) is 0.350. The molecule has 0 aliphatic carbocycles. The number of hydrogen-bond acceptors (Lipinski definition) is 4. The molecule has 0 radical (unpaired) electrons. The predicted octanol–water partition coefficient (Wildman–Crippen LogP) is 3.23. The van der Waals surface area contributed by atoms with E-state index in [4.69, 9.17) is 5.73 Å². The molecule has 3 N–H and O–H groups in total. The zero-order chi connectivity index (χ0) is 19.6. The molecular formula is C20H26ClN3O3S. The number of rotatable bonds is 5. The van der Waals surface area contributed by atoms with Crippen LogP contribution in [-0.4, -0.2) is 26.6 Å². The number of halogens is 1. The molecule has 0 aromatic heterocycles. The number of hydrogen-bond donors (Lipinski definition) is 2. The van der Waals surface area contributed by atoms with E-state index in [1.54, 1.807) is 19.1 Å². The highest BCUT2D eigenvalue weighted by Crippen LogP contribution is 2.30. The van der Waals surface area contributed by atoms with Crippen molar-refractivity contribution in [3.63, 3.8) is 0 Å². The lowest BCUT2D eigenvalue weighted by atomic mass is 9.94. The lowest BCUT2D eigenvalue weighted by Crippen LogP contribution is -2.30. The van der Waals surface area contributed by atoms with Crippen molar-refractivity contribution in [2.45, 2.75) is 26.3 Å². The van der Waals surface area contributed by atoms with Crippen LogP contribution >= 0.6 is 12.4 Å². The second-order valence-electron chi connectivity index (χ2n) is 6.96. The summed E-state index contributed by atoms with van der Waals surface area (Å²) in [6.07, 6.45) is 0.612. The summed E-state index contributed by atoms with van der Waals surface area (Å²) in [5.41, 5.74) is 9.16. The molecule has 2 unspecified atom stereocenters. The SMILES string of the molecule is Cc1ccc(NC(=O)C(C)C(N)c2ccccc2)cc1N1CCCS1(=O)=O.Cl. The lowest BCUT2D eigenvalue weighted by molar-refractivity contribution is -0.120. The van der Waals surface area contributed by atoms with Crippen molar-refractivity contribution >= 4 is 39.7 Å². The van der Waals surface area contributed by atoms with Gasteiger partial charge in [-0.1, -0.05) is 43.3 Å². The van der Waals surface area contributed by atoms with Gasteiger partial charge in [0.1, 0.15) is 0 Å². The molecule has 152 valence electrons. The molecule has 8 heteroatoms. The van der Waals surface area contributed by atoms with Crippen LogP contribution in [0.25, 0.3) is 0 Å². The van der Waals surface area contributed by atoms with Gasteiger partial charge >= 0.3 is 0 Å². The van der Waals surface area contributed by atoms with E-state index in [1.165, 1.54) is 4.31 Å². The van der Waals surface area contributed by atoms with Gasteiger partial charge in [0.15, 0.2) is 0 Å². The molecule has 0 bridgehead atoms. The summed E-state index contributed by atoms with van der Waals surface area (Å²) < 4.78 is 25.9. The normalized spacial score (nSPS) is 17.5. The van der Waals surface area contributed by atoms with Gasteiger partial charge in [-0.15, -0.1) is 12.4 Å². The van der Waals surface area contributed by atoms with Crippen LogP contribution in [-0.2, 0) is 14.8 Å². The molecule has 0 spiro atoms. The lowest BCUT2D eigenvalue weighted by Gasteiger charge is -2.22. The Kier molecular flexibility index (Phi) is 7.09. The molecule has 1 amide bonds. The van der Waals surface area contributed by atoms with Gasteiger partial charge in [0.05, 0.1) is 17.4 Å². The molecule has 28 heavy (non-hydrogen) atoms. The highest BCUT2D eigenvalue weighted by Gasteiger charge is 2.30. The molecule has 0 saturated carbocycles. The maximum Gasteiger partial charge on any atom is 0.235 e. The van der Waals surface area contributed by atoms with Crippen LogP contribution in [0.5, 0.6) is 0 Å². The molecule has 6 nitrogen and oxygen atoms in total. The van der Waals surface area contributed by atoms with Crippen molar-refractivity contribution in [3.05, 3.63) is 59.7 Å². The Morgan fingerprint density at radius 1 is 1.18 bits per heavy atom. The van der Waals surface area contributed by atoms with Crippen molar-refractivity contribution in [1.82, 2.24) is 0 Å². The Balaban J connectivity index is 0.00000280. The van der Waals surface area contributed by atoms with Gasteiger partial charge in [-0.25, -0.2) is 8.42 Å². The quantitative estimate of drug-likeness (QED) is 0.772. The molecular weight excluding hydrogens is 398 g/mol. The van der Waals surface area contributed by atoms with Gasteiger partial charge in [0, 0.05) is 18.3 Å². The van der Waals surface area contributed by atoms with Crippen LogP contribution in [0.1, 0.15) is 30.5 Å². The fourth-order valence-corrected chi connectivity index (χ4v) is 4.87. The minimum atomic E-state index is -3.27. The highest BCUT2D eigenvalue weighted by molar-refractivity contribution is 7.93. The van der Waals surface area contributed by atoms with Gasteiger partial charge in [0.25, 0.3) is 0 Å². The van der Waals surface area contributed by atoms with Crippen molar-refractivity contribution in [2.24, 2.45) is 11.7 Å². The number of anilines is 2. The van der Waals surface area contributed by atoms with Gasteiger partial charge in [0.2, 0.25) is 15.9 Å². The molecule has 1 heterocycles. The van der Waals surface area contributed by atoms with Gasteiger partial charge in [-0.05, 0) is 36.6 Å². The zero-order valence-electron chi connectivity index (χ0n) is 16.0. The third-order valence-corrected chi connectivity index (χ3v) is 6.84. The summed E-state index contributed by atoms with van der Waals surface area (Å²) in [6.45, 7) is 4.12. The van der Waals surface area contributed by atoms with Crippen LogP contribution < -0.4 is 15.4 Å². The second-order valence-corrected chi connectivity index (χ2v) is 8.97. The molecule has 1 fully saturated rings. The van der Waals surface area contributed by atoms with Crippen LogP contribution in [0.3, 0.4) is 0 Å². The van der Waals surface area contributed by atoms with E-state index >= 15 is 0 Å². The first-order valence-electron chi connectivity index (χ1n) is 9.02. The van der Waals surface area contributed by atoms with E-state index in [-0.39, 0.29) is 24.1 Å². The third-order valence-electron chi connectivity index (χ3n) is 4.98. The zero-order valence-corrected chi connectivity index (χ0v) is 17.6.